The van der Waals surface area contributed by atoms with E-state index in [1.54, 1.807) is 13.8 Å². The summed E-state index contributed by atoms with van der Waals surface area (Å²) in [5, 5.41) is 2.61. The van der Waals surface area contributed by atoms with Crippen molar-refractivity contribution in [3.8, 4) is 0 Å². The summed E-state index contributed by atoms with van der Waals surface area (Å²) in [5.74, 6) is -0.435. The Morgan fingerprint density at radius 1 is 1.79 bits per heavy atom. The molecule has 0 aromatic heterocycles. The van der Waals surface area contributed by atoms with Crippen LogP contribution in [-0.4, -0.2) is 31.3 Å². The topological polar surface area (TPSA) is 64.6 Å². The maximum atomic E-state index is 11.2. The van der Waals surface area contributed by atoms with Gasteiger partial charge < -0.3 is 14.8 Å². The van der Waals surface area contributed by atoms with Crippen molar-refractivity contribution in [1.29, 1.82) is 0 Å². The van der Waals surface area contributed by atoms with Gasteiger partial charge in [0.25, 0.3) is 0 Å². The van der Waals surface area contributed by atoms with Crippen LogP contribution in [0.4, 0.5) is 4.79 Å². The number of esters is 1. The number of amides is 1. The Hall–Kier alpha value is -1.26. The number of cyclic esters (lactones) is 1. The standard InChI is InChI=1S/C9H15NO4/c1-3-13-8(11)6(2)4-7-5-14-9(12)10-7/h6-7H,3-5H2,1-2H3,(H,10,12)/t6-,7+/m0/s1. The fourth-order valence-corrected chi connectivity index (χ4v) is 1.36. The molecule has 0 saturated carbocycles. The van der Waals surface area contributed by atoms with Crippen molar-refractivity contribution < 1.29 is 19.1 Å². The van der Waals surface area contributed by atoms with Crippen molar-refractivity contribution in [3.63, 3.8) is 0 Å². The minimum Gasteiger partial charge on any atom is -0.466 e. The van der Waals surface area contributed by atoms with Gasteiger partial charge in [-0.2, -0.15) is 0 Å². The predicted octanol–water partition coefficient (Wildman–Crippen LogP) is 0.684. The van der Waals surface area contributed by atoms with Gasteiger partial charge in [0.1, 0.15) is 6.61 Å². The first-order valence-corrected chi connectivity index (χ1v) is 4.73. The Kier molecular flexibility index (Phi) is 3.73. The minimum atomic E-state index is -0.411. The van der Waals surface area contributed by atoms with Crippen LogP contribution in [0.25, 0.3) is 0 Å². The molecule has 2 atom stereocenters. The normalized spacial score (nSPS) is 22.4. The van der Waals surface area contributed by atoms with Crippen LogP contribution in [0.1, 0.15) is 20.3 Å². The summed E-state index contributed by atoms with van der Waals surface area (Å²) in [6, 6.07) is -0.0677. The van der Waals surface area contributed by atoms with Crippen LogP contribution in [0.15, 0.2) is 0 Å². The second-order valence-electron chi connectivity index (χ2n) is 3.33. The fraction of sp³-hybridized carbons (Fsp3) is 0.778. The highest BCUT2D eigenvalue weighted by atomic mass is 16.6. The molecule has 1 aliphatic rings. The van der Waals surface area contributed by atoms with Gasteiger partial charge in [-0.1, -0.05) is 6.92 Å². The molecule has 0 aliphatic carbocycles. The van der Waals surface area contributed by atoms with E-state index in [1.165, 1.54) is 0 Å². The zero-order valence-electron chi connectivity index (χ0n) is 8.41. The Morgan fingerprint density at radius 2 is 2.50 bits per heavy atom. The second-order valence-corrected chi connectivity index (χ2v) is 3.33. The molecule has 0 radical (unpaired) electrons. The molecule has 1 N–H and O–H groups in total. The molecule has 1 fully saturated rings. The Labute approximate surface area is 82.8 Å². The summed E-state index contributed by atoms with van der Waals surface area (Å²) >= 11 is 0. The van der Waals surface area contributed by atoms with Crippen molar-refractivity contribution in [3.05, 3.63) is 0 Å². The highest BCUT2D eigenvalue weighted by molar-refractivity contribution is 5.73. The van der Waals surface area contributed by atoms with E-state index >= 15 is 0 Å². The van der Waals surface area contributed by atoms with Crippen LogP contribution in [0.5, 0.6) is 0 Å². The molecule has 1 amide bonds. The van der Waals surface area contributed by atoms with Crippen molar-refractivity contribution in [2.75, 3.05) is 13.2 Å². The highest BCUT2D eigenvalue weighted by Gasteiger charge is 2.26. The smallest absolute Gasteiger partial charge is 0.407 e. The Bertz CT molecular complexity index is 229. The first kappa shape index (κ1) is 10.8. The summed E-state index contributed by atoms with van der Waals surface area (Å²) in [4.78, 5) is 21.9. The molecule has 0 aromatic carbocycles. The third kappa shape index (κ3) is 2.90. The predicted molar refractivity (Wildman–Crippen MR) is 48.7 cm³/mol. The molecule has 0 bridgehead atoms. The SMILES string of the molecule is CCOC(=O)[C@@H](C)C[C@@H]1COC(=O)N1. The van der Waals surface area contributed by atoms with Crippen molar-refractivity contribution in [2.24, 2.45) is 5.92 Å². The number of hydrogen-bond acceptors (Lipinski definition) is 4. The lowest BCUT2D eigenvalue weighted by Gasteiger charge is -2.13. The van der Waals surface area contributed by atoms with Gasteiger partial charge in [0.15, 0.2) is 0 Å². The van der Waals surface area contributed by atoms with Crippen LogP contribution >= 0.6 is 0 Å². The van der Waals surface area contributed by atoms with E-state index in [9.17, 15) is 9.59 Å². The highest BCUT2D eigenvalue weighted by Crippen LogP contribution is 2.11. The molecular formula is C9H15NO4. The van der Waals surface area contributed by atoms with Gasteiger partial charge in [0, 0.05) is 0 Å². The number of carbonyl (C=O) groups excluding carboxylic acids is 2. The molecule has 5 heteroatoms. The van der Waals surface area contributed by atoms with Gasteiger partial charge in [-0.05, 0) is 13.3 Å². The molecule has 1 aliphatic heterocycles. The largest absolute Gasteiger partial charge is 0.466 e. The summed E-state index contributed by atoms with van der Waals surface area (Å²) in [7, 11) is 0. The third-order valence-electron chi connectivity index (χ3n) is 2.06. The maximum Gasteiger partial charge on any atom is 0.407 e. The number of nitrogens with one attached hydrogen (secondary N) is 1. The molecule has 1 saturated heterocycles. The summed E-state index contributed by atoms with van der Waals surface area (Å²) < 4.78 is 9.55. The lowest BCUT2D eigenvalue weighted by atomic mass is 10.0. The summed E-state index contributed by atoms with van der Waals surface area (Å²) in [6.45, 7) is 4.27. The first-order valence-electron chi connectivity index (χ1n) is 4.73. The molecule has 80 valence electrons. The Balaban J connectivity index is 2.29. The number of hydrogen-bond donors (Lipinski definition) is 1. The average Bonchev–Trinajstić information content (AvgIpc) is 2.51. The molecule has 14 heavy (non-hydrogen) atoms. The monoisotopic (exact) mass is 201 g/mol. The van der Waals surface area contributed by atoms with E-state index in [-0.39, 0.29) is 17.9 Å². The Morgan fingerprint density at radius 3 is 3.00 bits per heavy atom. The second kappa shape index (κ2) is 4.83. The van der Waals surface area contributed by atoms with Gasteiger partial charge in [-0.15, -0.1) is 0 Å². The third-order valence-corrected chi connectivity index (χ3v) is 2.06. The van der Waals surface area contributed by atoms with Crippen LogP contribution in [0, 0.1) is 5.92 Å². The van der Waals surface area contributed by atoms with E-state index in [0.717, 1.165) is 0 Å². The maximum absolute atomic E-state index is 11.2. The first-order chi connectivity index (χ1) is 6.63. The molecule has 0 aromatic rings. The lowest BCUT2D eigenvalue weighted by molar-refractivity contribution is -0.147. The van der Waals surface area contributed by atoms with Gasteiger partial charge in [0.05, 0.1) is 18.6 Å². The fourth-order valence-electron chi connectivity index (χ4n) is 1.36. The zero-order chi connectivity index (χ0) is 10.6. The summed E-state index contributed by atoms with van der Waals surface area (Å²) in [6.07, 6.45) is 0.149. The van der Waals surface area contributed by atoms with Crippen LogP contribution in [0.2, 0.25) is 0 Å². The van der Waals surface area contributed by atoms with Gasteiger partial charge in [-0.25, -0.2) is 4.79 Å². The number of carbonyl (C=O) groups is 2. The van der Waals surface area contributed by atoms with Gasteiger partial charge in [0.2, 0.25) is 0 Å². The van der Waals surface area contributed by atoms with Gasteiger partial charge in [-0.3, -0.25) is 4.79 Å². The lowest BCUT2D eigenvalue weighted by Crippen LogP contribution is -2.30. The molecule has 1 heterocycles. The average molecular weight is 201 g/mol. The van der Waals surface area contributed by atoms with E-state index in [4.69, 9.17) is 9.47 Å². The van der Waals surface area contributed by atoms with Crippen LogP contribution in [-0.2, 0) is 14.3 Å². The van der Waals surface area contributed by atoms with Gasteiger partial charge >= 0.3 is 12.1 Å². The molecule has 0 spiro atoms. The van der Waals surface area contributed by atoms with Crippen molar-refractivity contribution in [2.45, 2.75) is 26.3 Å². The van der Waals surface area contributed by atoms with E-state index < -0.39 is 6.09 Å². The zero-order valence-corrected chi connectivity index (χ0v) is 8.41. The van der Waals surface area contributed by atoms with Crippen LogP contribution in [0.3, 0.4) is 0 Å². The molecule has 5 nitrogen and oxygen atoms in total. The number of ether oxygens (including phenoxy) is 2. The van der Waals surface area contributed by atoms with Crippen LogP contribution < -0.4 is 5.32 Å². The molecule has 1 rings (SSSR count). The molecular weight excluding hydrogens is 186 g/mol. The van der Waals surface area contributed by atoms with E-state index in [0.29, 0.717) is 19.6 Å². The number of rotatable bonds is 4. The number of alkyl carbamates (subject to hydrolysis) is 1. The molecule has 0 unspecified atom stereocenters. The quantitative estimate of drug-likeness (QED) is 0.679. The van der Waals surface area contributed by atoms with E-state index in [1.807, 2.05) is 0 Å². The van der Waals surface area contributed by atoms with Crippen molar-refractivity contribution in [1.82, 2.24) is 5.32 Å². The summed E-state index contributed by atoms with van der Waals surface area (Å²) in [5.41, 5.74) is 0. The van der Waals surface area contributed by atoms with E-state index in [2.05, 4.69) is 5.32 Å². The minimum absolute atomic E-state index is 0.0677. The van der Waals surface area contributed by atoms with Crippen molar-refractivity contribution >= 4 is 12.1 Å².